The van der Waals surface area contributed by atoms with Crippen LogP contribution < -0.4 is 10.2 Å². The van der Waals surface area contributed by atoms with Gasteiger partial charge in [-0.1, -0.05) is 6.07 Å². The van der Waals surface area contributed by atoms with E-state index in [1.807, 2.05) is 18.3 Å². The molecular formula is C26H36N8O. The second-order valence-corrected chi connectivity index (χ2v) is 9.85. The minimum Gasteiger partial charge on any atom is -0.396 e. The maximum Gasteiger partial charge on any atom is 0.229 e. The average Bonchev–Trinajstić information content (AvgIpc) is 2.88. The first kappa shape index (κ1) is 23.8. The van der Waals surface area contributed by atoms with Gasteiger partial charge in [0.25, 0.3) is 0 Å². The van der Waals surface area contributed by atoms with Gasteiger partial charge in [0.1, 0.15) is 11.3 Å². The van der Waals surface area contributed by atoms with Crippen molar-refractivity contribution in [2.45, 2.75) is 38.6 Å². The van der Waals surface area contributed by atoms with Gasteiger partial charge >= 0.3 is 0 Å². The number of likely N-dealkylation sites (N-methyl/N-ethyl adjacent to an activating group) is 1. The number of hydrogen-bond acceptors (Lipinski definition) is 9. The summed E-state index contributed by atoms with van der Waals surface area (Å²) in [5.74, 6) is 2.20. The van der Waals surface area contributed by atoms with Gasteiger partial charge in [-0.15, -0.1) is 0 Å². The Hall–Kier alpha value is -2.88. The van der Waals surface area contributed by atoms with Gasteiger partial charge in [0.15, 0.2) is 5.82 Å². The van der Waals surface area contributed by atoms with E-state index in [0.29, 0.717) is 12.4 Å². The number of fused-ring (bicyclic) bond motifs is 2. The molecule has 5 rings (SSSR count). The number of nitrogens with one attached hydrogen (secondary N) is 1. The highest BCUT2D eigenvalue weighted by Gasteiger charge is 2.20. The first-order valence-corrected chi connectivity index (χ1v) is 12.7. The third-order valence-electron chi connectivity index (χ3n) is 6.85. The molecule has 35 heavy (non-hydrogen) atoms. The Bertz CT molecular complexity index is 1160. The van der Waals surface area contributed by atoms with Crippen LogP contribution in [0.4, 0.5) is 17.6 Å². The molecule has 2 aliphatic heterocycles. The zero-order valence-electron chi connectivity index (χ0n) is 20.9. The highest BCUT2D eigenvalue weighted by molar-refractivity contribution is 5.89. The van der Waals surface area contributed by atoms with E-state index in [1.54, 1.807) is 0 Å². The quantitative estimate of drug-likeness (QED) is 0.509. The smallest absolute Gasteiger partial charge is 0.229 e. The number of pyridine rings is 2. The predicted molar refractivity (Wildman–Crippen MR) is 139 cm³/mol. The standard InChI is InChI=1S/C26H36N8O/c1-32(2)13-14-33-12-8-22-19(18-33)6-7-23(29-22)30-26-27-17-20-16-21(9-15-35)28-25(24(20)31-26)34-10-4-3-5-11-34/h6-7,16-17,35H,3-5,8-15,18H2,1-2H3,(H,27,29,30,31). The highest BCUT2D eigenvalue weighted by Crippen LogP contribution is 2.28. The van der Waals surface area contributed by atoms with E-state index in [4.69, 9.17) is 15.0 Å². The van der Waals surface area contributed by atoms with Crippen molar-refractivity contribution in [2.24, 2.45) is 0 Å². The summed E-state index contributed by atoms with van der Waals surface area (Å²) < 4.78 is 0. The molecule has 5 heterocycles. The van der Waals surface area contributed by atoms with Crippen LogP contribution in [-0.2, 0) is 19.4 Å². The number of nitrogens with zero attached hydrogens (tertiary/aromatic N) is 7. The summed E-state index contributed by atoms with van der Waals surface area (Å²) in [5, 5.41) is 13.7. The predicted octanol–water partition coefficient (Wildman–Crippen LogP) is 2.61. The lowest BCUT2D eigenvalue weighted by molar-refractivity contribution is 0.224. The van der Waals surface area contributed by atoms with Gasteiger partial charge in [-0.3, -0.25) is 4.90 Å². The molecule has 0 radical (unpaired) electrons. The van der Waals surface area contributed by atoms with Crippen LogP contribution in [0.3, 0.4) is 0 Å². The summed E-state index contributed by atoms with van der Waals surface area (Å²) in [5.41, 5.74) is 4.18. The van der Waals surface area contributed by atoms with Crippen molar-refractivity contribution in [3.05, 3.63) is 41.3 Å². The van der Waals surface area contributed by atoms with Gasteiger partial charge in [0.05, 0.1) is 0 Å². The fraction of sp³-hybridized carbons (Fsp3) is 0.538. The summed E-state index contributed by atoms with van der Waals surface area (Å²) in [6, 6.07) is 6.19. The van der Waals surface area contributed by atoms with Gasteiger partial charge < -0.3 is 20.2 Å². The SMILES string of the molecule is CN(C)CCN1CCc2nc(Nc3ncc4cc(CCO)nc(N5CCCCC5)c4n3)ccc2C1. The highest BCUT2D eigenvalue weighted by atomic mass is 16.3. The Morgan fingerprint density at radius 2 is 1.91 bits per heavy atom. The second kappa shape index (κ2) is 10.8. The Kier molecular flexibility index (Phi) is 7.36. The molecule has 2 aliphatic rings. The topological polar surface area (TPSA) is 93.5 Å². The van der Waals surface area contributed by atoms with Crippen LogP contribution in [0.15, 0.2) is 24.4 Å². The number of aliphatic hydroxyl groups excluding tert-OH is 1. The van der Waals surface area contributed by atoms with Gasteiger partial charge in [0.2, 0.25) is 5.95 Å². The zero-order chi connectivity index (χ0) is 24.2. The number of aliphatic hydroxyl groups is 1. The average molecular weight is 477 g/mol. The van der Waals surface area contributed by atoms with Crippen LogP contribution in [0.2, 0.25) is 0 Å². The third-order valence-corrected chi connectivity index (χ3v) is 6.85. The van der Waals surface area contributed by atoms with Gasteiger partial charge in [-0.2, -0.15) is 0 Å². The third kappa shape index (κ3) is 5.69. The van der Waals surface area contributed by atoms with Crippen LogP contribution in [0.25, 0.3) is 10.9 Å². The molecular weight excluding hydrogens is 440 g/mol. The summed E-state index contributed by atoms with van der Waals surface area (Å²) in [6.07, 6.45) is 6.91. The van der Waals surface area contributed by atoms with Crippen LogP contribution in [0, 0.1) is 0 Å². The van der Waals surface area contributed by atoms with Crippen molar-refractivity contribution in [3.63, 3.8) is 0 Å². The largest absolute Gasteiger partial charge is 0.396 e. The number of piperidine rings is 1. The van der Waals surface area contributed by atoms with Crippen molar-refractivity contribution in [1.82, 2.24) is 29.7 Å². The molecule has 186 valence electrons. The molecule has 0 amide bonds. The van der Waals surface area contributed by atoms with Crippen LogP contribution in [0.5, 0.6) is 0 Å². The Morgan fingerprint density at radius 1 is 1.06 bits per heavy atom. The lowest BCUT2D eigenvalue weighted by Crippen LogP contribution is -2.36. The first-order chi connectivity index (χ1) is 17.1. The van der Waals surface area contributed by atoms with Gasteiger partial charge in [-0.25, -0.2) is 19.9 Å². The lowest BCUT2D eigenvalue weighted by atomic mass is 10.1. The van der Waals surface area contributed by atoms with Crippen LogP contribution in [0.1, 0.15) is 36.2 Å². The maximum absolute atomic E-state index is 9.44. The monoisotopic (exact) mass is 476 g/mol. The number of hydrogen-bond donors (Lipinski definition) is 2. The fourth-order valence-corrected chi connectivity index (χ4v) is 4.90. The molecule has 0 unspecified atom stereocenters. The summed E-state index contributed by atoms with van der Waals surface area (Å²) in [6.45, 7) is 6.16. The maximum atomic E-state index is 9.44. The molecule has 3 aromatic rings. The van der Waals surface area contributed by atoms with Crippen molar-refractivity contribution >= 4 is 28.5 Å². The van der Waals surface area contributed by atoms with Crippen LogP contribution >= 0.6 is 0 Å². The molecule has 3 aromatic heterocycles. The Morgan fingerprint density at radius 3 is 2.71 bits per heavy atom. The normalized spacial score (nSPS) is 16.6. The van der Waals surface area contributed by atoms with E-state index < -0.39 is 0 Å². The van der Waals surface area contributed by atoms with Gasteiger partial charge in [-0.05, 0) is 51.1 Å². The number of aromatic nitrogens is 4. The number of anilines is 3. The van der Waals surface area contributed by atoms with E-state index in [9.17, 15) is 5.11 Å². The number of rotatable bonds is 8. The summed E-state index contributed by atoms with van der Waals surface area (Å²) in [4.78, 5) is 26.2. The van der Waals surface area contributed by atoms with E-state index in [-0.39, 0.29) is 6.61 Å². The molecule has 0 aliphatic carbocycles. The van der Waals surface area contributed by atoms with Crippen LogP contribution in [-0.4, -0.2) is 88.3 Å². The van der Waals surface area contributed by atoms with Crippen molar-refractivity contribution in [3.8, 4) is 0 Å². The fourth-order valence-electron chi connectivity index (χ4n) is 4.90. The van der Waals surface area contributed by atoms with E-state index in [0.717, 1.165) is 92.5 Å². The van der Waals surface area contributed by atoms with Crippen molar-refractivity contribution in [2.75, 3.05) is 63.6 Å². The molecule has 0 aromatic carbocycles. The summed E-state index contributed by atoms with van der Waals surface area (Å²) >= 11 is 0. The Balaban J connectivity index is 1.37. The van der Waals surface area contributed by atoms with E-state index in [2.05, 4.69) is 45.2 Å². The van der Waals surface area contributed by atoms with Crippen molar-refractivity contribution in [1.29, 1.82) is 0 Å². The van der Waals surface area contributed by atoms with E-state index >= 15 is 0 Å². The molecule has 1 fully saturated rings. The molecule has 0 bridgehead atoms. The molecule has 0 spiro atoms. The molecule has 9 heteroatoms. The van der Waals surface area contributed by atoms with E-state index in [1.165, 1.54) is 12.0 Å². The molecule has 0 atom stereocenters. The van der Waals surface area contributed by atoms with Crippen molar-refractivity contribution < 1.29 is 5.11 Å². The molecule has 1 saturated heterocycles. The Labute approximate surface area is 207 Å². The molecule has 9 nitrogen and oxygen atoms in total. The molecule has 0 saturated carbocycles. The zero-order valence-corrected chi connectivity index (χ0v) is 20.9. The minimum absolute atomic E-state index is 0.0792. The lowest BCUT2D eigenvalue weighted by Gasteiger charge is -2.29. The minimum atomic E-state index is 0.0792. The first-order valence-electron chi connectivity index (χ1n) is 12.7. The second-order valence-electron chi connectivity index (χ2n) is 9.85. The van der Waals surface area contributed by atoms with Gasteiger partial charge in [0, 0.05) is 81.7 Å². The summed E-state index contributed by atoms with van der Waals surface area (Å²) in [7, 11) is 4.23. The molecule has 2 N–H and O–H groups in total.